The van der Waals surface area contributed by atoms with Crippen LogP contribution in [0, 0.1) is 11.6 Å². The predicted molar refractivity (Wildman–Crippen MR) is 134 cm³/mol. The highest BCUT2D eigenvalue weighted by atomic mass is 35.5. The Kier molecular flexibility index (Phi) is 8.12. The number of ketones is 1. The van der Waals surface area contributed by atoms with Gasteiger partial charge in [-0.15, -0.1) is 0 Å². The molecule has 2 N–H and O–H groups in total. The molecule has 0 atom stereocenters. The summed E-state index contributed by atoms with van der Waals surface area (Å²) < 4.78 is 33.6. The zero-order chi connectivity index (χ0) is 27.7. The highest BCUT2D eigenvalue weighted by Crippen LogP contribution is 2.34. The van der Waals surface area contributed by atoms with E-state index in [0.717, 1.165) is 12.1 Å². The van der Waals surface area contributed by atoms with Gasteiger partial charge >= 0.3 is 5.97 Å². The van der Waals surface area contributed by atoms with Gasteiger partial charge in [0.2, 0.25) is 0 Å². The number of amides is 2. The first-order chi connectivity index (χ1) is 17.1. The fourth-order valence-electron chi connectivity index (χ4n) is 4.11. The summed E-state index contributed by atoms with van der Waals surface area (Å²) in [5.41, 5.74) is -1.18. The summed E-state index contributed by atoms with van der Waals surface area (Å²) in [6.07, 6.45) is 1.33. The van der Waals surface area contributed by atoms with E-state index < -0.39 is 46.3 Å². The molecule has 0 saturated heterocycles. The molecule has 2 aromatic rings. The monoisotopic (exact) mass is 537 g/mol. The van der Waals surface area contributed by atoms with Crippen LogP contribution in [0.2, 0.25) is 5.02 Å². The van der Waals surface area contributed by atoms with Gasteiger partial charge in [0.05, 0.1) is 10.6 Å². The van der Waals surface area contributed by atoms with Gasteiger partial charge in [-0.05, 0) is 66.0 Å². The van der Waals surface area contributed by atoms with E-state index in [9.17, 15) is 28.0 Å². The Morgan fingerprint density at radius 2 is 1.76 bits per heavy atom. The maximum atomic E-state index is 13.6. The highest BCUT2D eigenvalue weighted by molar-refractivity contribution is 6.48. The lowest BCUT2D eigenvalue weighted by molar-refractivity contribution is -0.155. The van der Waals surface area contributed by atoms with Crippen LogP contribution < -0.4 is 10.6 Å². The SMILES string of the molecule is CC(C)(CCC(=O)OC(C)(C)C)NC(=O)C(=O)c1c(Cl)c(C(=O)Nc2ccc(F)c(F)c2)c2n1CCC2. The Balaban J connectivity index is 1.77. The molecule has 3 rings (SSSR count). The molecule has 2 amide bonds. The van der Waals surface area contributed by atoms with E-state index in [4.69, 9.17) is 16.3 Å². The minimum absolute atomic E-state index is 0.00392. The number of halogens is 3. The van der Waals surface area contributed by atoms with Crippen molar-refractivity contribution in [3.8, 4) is 0 Å². The Morgan fingerprint density at radius 3 is 2.38 bits per heavy atom. The third-order valence-electron chi connectivity index (χ3n) is 5.76. The van der Waals surface area contributed by atoms with Gasteiger partial charge in [-0.2, -0.15) is 0 Å². The van der Waals surface area contributed by atoms with Crippen LogP contribution in [0.15, 0.2) is 18.2 Å². The molecule has 0 bridgehead atoms. The first-order valence-electron chi connectivity index (χ1n) is 11.9. The molecule has 1 aliphatic heterocycles. The summed E-state index contributed by atoms with van der Waals surface area (Å²) in [6.45, 7) is 8.98. The molecule has 37 heavy (non-hydrogen) atoms. The second kappa shape index (κ2) is 10.6. The summed E-state index contributed by atoms with van der Waals surface area (Å²) in [5.74, 6) is -5.19. The van der Waals surface area contributed by atoms with Crippen LogP contribution in [0.3, 0.4) is 0 Å². The molecule has 2 heterocycles. The molecule has 11 heteroatoms. The van der Waals surface area contributed by atoms with Gasteiger partial charge in [0, 0.05) is 36.0 Å². The van der Waals surface area contributed by atoms with Gasteiger partial charge in [0.15, 0.2) is 11.6 Å². The maximum absolute atomic E-state index is 13.6. The predicted octanol–water partition coefficient (Wildman–Crippen LogP) is 4.82. The summed E-state index contributed by atoms with van der Waals surface area (Å²) in [4.78, 5) is 51.1. The van der Waals surface area contributed by atoms with Crippen LogP contribution in [0.25, 0.3) is 0 Å². The van der Waals surface area contributed by atoms with Crippen molar-refractivity contribution in [3.63, 3.8) is 0 Å². The van der Waals surface area contributed by atoms with Gasteiger partial charge in [-0.1, -0.05) is 11.6 Å². The molecule has 0 fully saturated rings. The van der Waals surface area contributed by atoms with Crippen molar-refractivity contribution in [2.24, 2.45) is 0 Å². The van der Waals surface area contributed by atoms with Crippen molar-refractivity contribution in [2.75, 3.05) is 5.32 Å². The molecule has 200 valence electrons. The lowest BCUT2D eigenvalue weighted by Crippen LogP contribution is -2.47. The summed E-state index contributed by atoms with van der Waals surface area (Å²) in [6, 6.07) is 2.90. The fraction of sp³-hybridized carbons (Fsp3) is 0.462. The smallest absolute Gasteiger partial charge is 0.306 e. The third-order valence-corrected chi connectivity index (χ3v) is 6.13. The summed E-state index contributed by atoms with van der Waals surface area (Å²) in [5, 5.41) is 4.90. The van der Waals surface area contributed by atoms with E-state index >= 15 is 0 Å². The lowest BCUT2D eigenvalue weighted by Gasteiger charge is -2.26. The molecule has 8 nitrogen and oxygen atoms in total. The van der Waals surface area contributed by atoms with Crippen molar-refractivity contribution in [1.29, 1.82) is 0 Å². The standard InChI is InChI=1S/C26H30ClF2N3O5/c1-25(2,3)37-18(33)10-11-26(4,5)31-24(36)22(34)21-20(27)19(17-7-6-12-32(17)21)23(35)30-14-8-9-15(28)16(29)13-14/h8-9,13H,6-7,10-12H2,1-5H3,(H,30,35)(H,31,36). The van der Waals surface area contributed by atoms with E-state index in [-0.39, 0.29) is 34.8 Å². The maximum Gasteiger partial charge on any atom is 0.306 e. The summed E-state index contributed by atoms with van der Waals surface area (Å²) >= 11 is 6.46. The molecule has 1 aromatic heterocycles. The Labute approximate surface area is 218 Å². The minimum Gasteiger partial charge on any atom is -0.460 e. The average Bonchev–Trinajstić information content (AvgIpc) is 3.32. The number of nitrogens with zero attached hydrogens (tertiary/aromatic N) is 1. The number of nitrogens with one attached hydrogen (secondary N) is 2. The zero-order valence-corrected chi connectivity index (χ0v) is 22.1. The van der Waals surface area contributed by atoms with Crippen LogP contribution >= 0.6 is 11.6 Å². The number of benzene rings is 1. The first-order valence-corrected chi connectivity index (χ1v) is 12.2. The first kappa shape index (κ1) is 28.3. The number of hydrogen-bond acceptors (Lipinski definition) is 5. The van der Waals surface area contributed by atoms with E-state index in [1.807, 2.05) is 0 Å². The van der Waals surface area contributed by atoms with Crippen molar-refractivity contribution >= 4 is 40.9 Å². The third kappa shape index (κ3) is 6.74. The van der Waals surface area contributed by atoms with Crippen molar-refractivity contribution in [1.82, 2.24) is 9.88 Å². The number of esters is 1. The fourth-order valence-corrected chi connectivity index (χ4v) is 4.49. The molecule has 0 radical (unpaired) electrons. The van der Waals surface area contributed by atoms with E-state index in [1.165, 1.54) is 10.6 Å². The highest BCUT2D eigenvalue weighted by Gasteiger charge is 2.36. The molecule has 0 aliphatic carbocycles. The van der Waals surface area contributed by atoms with Crippen LogP contribution in [0.1, 0.15) is 80.4 Å². The van der Waals surface area contributed by atoms with E-state index in [1.54, 1.807) is 34.6 Å². The van der Waals surface area contributed by atoms with Gasteiger partial charge in [-0.3, -0.25) is 19.2 Å². The molecule has 1 aliphatic rings. The number of ether oxygens (including phenoxy) is 1. The minimum atomic E-state index is -1.13. The molecule has 0 spiro atoms. The number of fused-ring (bicyclic) bond motifs is 1. The van der Waals surface area contributed by atoms with Gasteiger partial charge in [0.1, 0.15) is 11.3 Å². The second-order valence-electron chi connectivity index (χ2n) is 10.6. The Hall–Kier alpha value is -3.27. The molecular weight excluding hydrogens is 508 g/mol. The Bertz CT molecular complexity index is 1260. The number of hydrogen-bond donors (Lipinski definition) is 2. The quantitative estimate of drug-likeness (QED) is 0.285. The van der Waals surface area contributed by atoms with Gasteiger partial charge in [-0.25, -0.2) is 8.78 Å². The Morgan fingerprint density at radius 1 is 1.08 bits per heavy atom. The lowest BCUT2D eigenvalue weighted by atomic mass is 9.97. The van der Waals surface area contributed by atoms with E-state index in [0.29, 0.717) is 25.1 Å². The number of aromatic nitrogens is 1. The largest absolute Gasteiger partial charge is 0.460 e. The second-order valence-corrected chi connectivity index (χ2v) is 11.0. The molecular formula is C26H30ClF2N3O5. The average molecular weight is 538 g/mol. The van der Waals surface area contributed by atoms with E-state index in [2.05, 4.69) is 10.6 Å². The number of carbonyl (C=O) groups is 4. The molecule has 0 unspecified atom stereocenters. The van der Waals surface area contributed by atoms with Crippen LogP contribution in [-0.2, 0) is 27.3 Å². The van der Waals surface area contributed by atoms with Gasteiger partial charge in [0.25, 0.3) is 17.6 Å². The zero-order valence-electron chi connectivity index (χ0n) is 21.4. The number of anilines is 1. The molecule has 1 aromatic carbocycles. The normalized spacial score (nSPS) is 13.2. The number of rotatable bonds is 8. The van der Waals surface area contributed by atoms with Gasteiger partial charge < -0.3 is 19.9 Å². The van der Waals surface area contributed by atoms with Crippen molar-refractivity contribution in [3.05, 3.63) is 51.8 Å². The van der Waals surface area contributed by atoms with Crippen LogP contribution in [0.5, 0.6) is 0 Å². The number of carbonyl (C=O) groups excluding carboxylic acids is 4. The number of Topliss-reactive ketones (excluding diaryl/α,β-unsaturated/α-hetero) is 1. The molecule has 0 saturated carbocycles. The topological polar surface area (TPSA) is 106 Å². The van der Waals surface area contributed by atoms with Crippen LogP contribution in [-0.4, -0.2) is 39.3 Å². The van der Waals surface area contributed by atoms with Crippen molar-refractivity contribution in [2.45, 2.75) is 78.0 Å². The summed E-state index contributed by atoms with van der Waals surface area (Å²) in [7, 11) is 0. The van der Waals surface area contributed by atoms with Crippen molar-refractivity contribution < 1.29 is 32.7 Å². The van der Waals surface area contributed by atoms with Crippen LogP contribution in [0.4, 0.5) is 14.5 Å².